The van der Waals surface area contributed by atoms with Crippen LogP contribution in [0.1, 0.15) is 73.1 Å². The van der Waals surface area contributed by atoms with Crippen molar-refractivity contribution >= 4 is 11.9 Å². The van der Waals surface area contributed by atoms with Crippen molar-refractivity contribution in [2.45, 2.75) is 108 Å². The fourth-order valence-electron chi connectivity index (χ4n) is 9.15. The van der Waals surface area contributed by atoms with Crippen molar-refractivity contribution in [3.8, 4) is 0 Å². The van der Waals surface area contributed by atoms with E-state index < -0.39 is 34.6 Å². The van der Waals surface area contributed by atoms with Crippen LogP contribution in [0, 0.1) is 29.1 Å². The second-order valence-electron chi connectivity index (χ2n) is 13.5. The third-order valence-electron chi connectivity index (χ3n) is 11.4. The smallest absolute Gasteiger partial charge is 0.333 e. The number of epoxide rings is 1. The average molecular weight is 513 g/mol. The summed E-state index contributed by atoms with van der Waals surface area (Å²) in [6.07, 6.45) is 8.15. The topological polar surface area (TPSA) is 106 Å². The van der Waals surface area contributed by atoms with Gasteiger partial charge >= 0.3 is 11.9 Å². The third-order valence-corrected chi connectivity index (χ3v) is 11.4. The zero-order valence-electron chi connectivity index (χ0n) is 22.6. The number of rotatable bonds is 2. The number of ether oxygens (including phenoxy) is 3. The van der Waals surface area contributed by atoms with Crippen molar-refractivity contribution in [3.63, 3.8) is 0 Å². The van der Waals surface area contributed by atoms with Gasteiger partial charge in [-0.05, 0) is 81.8 Å². The predicted molar refractivity (Wildman–Crippen MR) is 135 cm³/mol. The van der Waals surface area contributed by atoms with E-state index in [0.717, 1.165) is 24.8 Å². The molecule has 4 fully saturated rings. The van der Waals surface area contributed by atoms with E-state index in [4.69, 9.17) is 14.2 Å². The van der Waals surface area contributed by atoms with Crippen molar-refractivity contribution in [2.75, 3.05) is 0 Å². The molecule has 7 nitrogen and oxygen atoms in total. The number of fused-ring (bicyclic) bond motifs is 4. The van der Waals surface area contributed by atoms with Gasteiger partial charge in [0.1, 0.15) is 23.4 Å². The van der Waals surface area contributed by atoms with Crippen LogP contribution in [0.3, 0.4) is 0 Å². The van der Waals surface area contributed by atoms with E-state index in [2.05, 4.69) is 13.5 Å². The molecule has 1 spiro atoms. The quantitative estimate of drug-likeness (QED) is 0.330. The van der Waals surface area contributed by atoms with Crippen LogP contribution in [0.2, 0.25) is 0 Å². The van der Waals surface area contributed by atoms with E-state index in [1.165, 1.54) is 6.08 Å². The Morgan fingerprint density at radius 2 is 1.81 bits per heavy atom. The van der Waals surface area contributed by atoms with Crippen LogP contribution in [-0.2, 0) is 23.8 Å². The first-order valence-corrected chi connectivity index (χ1v) is 13.8. The van der Waals surface area contributed by atoms with E-state index in [-0.39, 0.29) is 41.0 Å². The van der Waals surface area contributed by atoms with E-state index in [1.807, 2.05) is 32.9 Å². The first-order valence-electron chi connectivity index (χ1n) is 13.8. The molecular weight excluding hydrogens is 472 g/mol. The summed E-state index contributed by atoms with van der Waals surface area (Å²) in [5.74, 6) is -1.21. The van der Waals surface area contributed by atoms with Gasteiger partial charge in [0.15, 0.2) is 0 Å². The van der Waals surface area contributed by atoms with Gasteiger partial charge in [0, 0.05) is 29.9 Å². The maximum absolute atomic E-state index is 12.4. The Balaban J connectivity index is 1.32. The van der Waals surface area contributed by atoms with Gasteiger partial charge in [-0.2, -0.15) is 0 Å². The molecule has 6 aliphatic rings. The molecule has 2 N–H and O–H groups in total. The highest BCUT2D eigenvalue weighted by Gasteiger charge is 2.78. The second kappa shape index (κ2) is 7.57. The van der Waals surface area contributed by atoms with Gasteiger partial charge in [-0.3, -0.25) is 0 Å². The first kappa shape index (κ1) is 25.3. The first-order chi connectivity index (χ1) is 17.2. The van der Waals surface area contributed by atoms with Gasteiger partial charge in [0.05, 0.1) is 11.2 Å². The van der Waals surface area contributed by atoms with Gasteiger partial charge in [-0.1, -0.05) is 26.5 Å². The van der Waals surface area contributed by atoms with Gasteiger partial charge in [-0.25, -0.2) is 9.59 Å². The molecule has 3 heterocycles. The van der Waals surface area contributed by atoms with Crippen molar-refractivity contribution in [1.29, 1.82) is 0 Å². The Morgan fingerprint density at radius 1 is 1.11 bits per heavy atom. The normalized spacial score (nSPS) is 50.7. The number of cyclic esters (lactones) is 2. The molecule has 3 aliphatic carbocycles. The molecule has 0 bridgehead atoms. The monoisotopic (exact) mass is 512 g/mol. The summed E-state index contributed by atoms with van der Waals surface area (Å²) < 4.78 is 17.9. The zero-order chi connectivity index (χ0) is 26.8. The summed E-state index contributed by atoms with van der Waals surface area (Å²) in [5, 5.41) is 24.5. The number of carbonyl (C=O) groups excluding carboxylic acids is 2. The highest BCUT2D eigenvalue weighted by atomic mass is 16.6. The maximum Gasteiger partial charge on any atom is 0.333 e. The fraction of sp³-hybridized carbons (Fsp3) is 0.733. The molecule has 0 radical (unpaired) electrons. The molecule has 3 aliphatic heterocycles. The third kappa shape index (κ3) is 3.23. The molecule has 10 atom stereocenters. The largest absolute Gasteiger partial charge is 0.458 e. The minimum Gasteiger partial charge on any atom is -0.458 e. The lowest BCUT2D eigenvalue weighted by Crippen LogP contribution is -2.53. The Morgan fingerprint density at radius 3 is 2.51 bits per heavy atom. The van der Waals surface area contributed by atoms with Crippen LogP contribution >= 0.6 is 0 Å². The maximum atomic E-state index is 12.4. The van der Waals surface area contributed by atoms with Gasteiger partial charge in [0.2, 0.25) is 0 Å². The molecule has 37 heavy (non-hydrogen) atoms. The standard InChI is InChI=1S/C30H40O7/c1-16-7-8-20(35-24(16)32)18(3)28(33)14-13-27(6)19(17(28)2)15-29(34)22(27)10-9-21-26(4,5)36-23(31)11-12-30(21)25(29)37-30/h7,11-12,18-22,25,33-34H,2,8-10,13-15H2,1,3-6H3/t18-,19-,20+,21-,22-,25+,27+,28-,29+,30-/m0/s1. The molecule has 1 saturated heterocycles. The Hall–Kier alpha value is -1.96. The Kier molecular flexibility index (Phi) is 5.18. The van der Waals surface area contributed by atoms with Crippen LogP contribution in [-0.4, -0.2) is 56.8 Å². The van der Waals surface area contributed by atoms with E-state index in [1.54, 1.807) is 6.92 Å². The molecule has 0 aromatic rings. The van der Waals surface area contributed by atoms with Gasteiger partial charge < -0.3 is 24.4 Å². The number of hydrogen-bond donors (Lipinski definition) is 2. The van der Waals surface area contributed by atoms with Crippen molar-refractivity contribution in [2.24, 2.45) is 29.1 Å². The van der Waals surface area contributed by atoms with Crippen LogP contribution in [0.5, 0.6) is 0 Å². The summed E-state index contributed by atoms with van der Waals surface area (Å²) in [6, 6.07) is 0. The molecule has 0 amide bonds. The van der Waals surface area contributed by atoms with E-state index in [9.17, 15) is 19.8 Å². The minimum absolute atomic E-state index is 0.0316. The fourth-order valence-corrected chi connectivity index (χ4v) is 9.15. The summed E-state index contributed by atoms with van der Waals surface area (Å²) in [4.78, 5) is 24.5. The minimum atomic E-state index is -1.19. The van der Waals surface area contributed by atoms with E-state index >= 15 is 0 Å². The van der Waals surface area contributed by atoms with Crippen LogP contribution in [0.15, 0.2) is 36.0 Å². The summed E-state index contributed by atoms with van der Waals surface area (Å²) in [6.45, 7) is 14.3. The molecule has 202 valence electrons. The number of hydrogen-bond acceptors (Lipinski definition) is 7. The highest BCUT2D eigenvalue weighted by Crippen LogP contribution is 2.72. The zero-order valence-corrected chi connectivity index (χ0v) is 22.6. The second-order valence-corrected chi connectivity index (χ2v) is 13.5. The molecule has 0 aromatic heterocycles. The van der Waals surface area contributed by atoms with E-state index in [0.29, 0.717) is 24.8 Å². The SMILES string of the molecule is C=C1[C@@H]2C[C@]3(O)[C@H]4O[C@]45C=CC(=O)OC(C)(C)[C@@H]5CC[C@H]3[C@]2(C)CC[C@@]1(O)[C@@H](C)[C@H]1CC=C(C)C(=O)O1. The van der Waals surface area contributed by atoms with Crippen molar-refractivity contribution in [1.82, 2.24) is 0 Å². The number of esters is 2. The molecule has 0 aromatic carbocycles. The lowest BCUT2D eigenvalue weighted by atomic mass is 9.55. The van der Waals surface area contributed by atoms with Crippen LogP contribution < -0.4 is 0 Å². The van der Waals surface area contributed by atoms with Crippen molar-refractivity contribution in [3.05, 3.63) is 36.0 Å². The summed E-state index contributed by atoms with van der Waals surface area (Å²) >= 11 is 0. The van der Waals surface area contributed by atoms with Gasteiger partial charge in [-0.15, -0.1) is 0 Å². The highest BCUT2D eigenvalue weighted by molar-refractivity contribution is 5.88. The Bertz CT molecular complexity index is 1140. The number of aliphatic hydroxyl groups is 2. The summed E-state index contributed by atoms with van der Waals surface area (Å²) in [5.41, 5.74) is -2.64. The lowest BCUT2D eigenvalue weighted by Gasteiger charge is -2.52. The molecule has 0 unspecified atom stereocenters. The summed E-state index contributed by atoms with van der Waals surface area (Å²) in [7, 11) is 0. The number of carbonyl (C=O) groups is 2. The van der Waals surface area contributed by atoms with Gasteiger partial charge in [0.25, 0.3) is 0 Å². The van der Waals surface area contributed by atoms with Crippen LogP contribution in [0.4, 0.5) is 0 Å². The molecule has 7 heteroatoms. The lowest BCUT2D eigenvalue weighted by molar-refractivity contribution is -0.156. The molecule has 3 saturated carbocycles. The van der Waals surface area contributed by atoms with Crippen LogP contribution in [0.25, 0.3) is 0 Å². The molecule has 6 rings (SSSR count). The predicted octanol–water partition coefficient (Wildman–Crippen LogP) is 3.78. The van der Waals surface area contributed by atoms with Crippen molar-refractivity contribution < 1.29 is 34.0 Å². The average Bonchev–Trinajstić information content (AvgIpc) is 3.54. The molecular formula is C30H40O7. The Labute approximate surface area is 218 Å².